The number of aryl methyl sites for hydroxylation is 4. The molecule has 3 N–H and O–H groups in total. The second kappa shape index (κ2) is 7.17. The number of esters is 1. The highest BCUT2D eigenvalue weighted by Gasteiger charge is 2.15. The monoisotopic (exact) mass is 326 g/mol. The Balaban J connectivity index is 2.01. The fraction of sp³-hybridized carbons (Fsp3) is 0.263. The van der Waals surface area contributed by atoms with Crippen LogP contribution in [0.2, 0.25) is 0 Å². The van der Waals surface area contributed by atoms with Crippen molar-refractivity contribution in [1.29, 1.82) is 0 Å². The lowest BCUT2D eigenvalue weighted by Crippen LogP contribution is -2.22. The Labute approximate surface area is 141 Å². The van der Waals surface area contributed by atoms with E-state index in [9.17, 15) is 9.59 Å². The Morgan fingerprint density at radius 3 is 2.29 bits per heavy atom. The van der Waals surface area contributed by atoms with Crippen molar-refractivity contribution in [2.75, 3.05) is 17.7 Å². The van der Waals surface area contributed by atoms with Gasteiger partial charge in [-0.15, -0.1) is 0 Å². The van der Waals surface area contributed by atoms with Crippen molar-refractivity contribution in [1.82, 2.24) is 0 Å². The van der Waals surface area contributed by atoms with Crippen molar-refractivity contribution in [3.63, 3.8) is 0 Å². The minimum absolute atomic E-state index is 0.269. The number of carbonyl (C=O) groups excluding carboxylic acids is 2. The Bertz CT molecular complexity index is 774. The Morgan fingerprint density at radius 2 is 1.67 bits per heavy atom. The number of rotatable bonds is 4. The van der Waals surface area contributed by atoms with Crippen molar-refractivity contribution >= 4 is 23.3 Å². The second-order valence-electron chi connectivity index (χ2n) is 5.93. The predicted molar refractivity (Wildman–Crippen MR) is 95.2 cm³/mol. The fourth-order valence-electron chi connectivity index (χ4n) is 2.62. The fourth-order valence-corrected chi connectivity index (χ4v) is 2.62. The zero-order valence-electron chi connectivity index (χ0n) is 14.4. The van der Waals surface area contributed by atoms with Crippen LogP contribution in [-0.4, -0.2) is 18.5 Å². The number of ether oxygens (including phenoxy) is 1. The lowest BCUT2D eigenvalue weighted by atomic mass is 10.1. The molecule has 0 saturated heterocycles. The van der Waals surface area contributed by atoms with Crippen molar-refractivity contribution in [2.24, 2.45) is 0 Å². The highest BCUT2D eigenvalue weighted by Crippen LogP contribution is 2.22. The Hall–Kier alpha value is -2.82. The molecule has 24 heavy (non-hydrogen) atoms. The SMILES string of the molecule is Cc1cc(C)c(NC(=O)COC(=O)c2cccc(C)c2N)c(C)c1. The molecular formula is C19H22N2O3. The number of benzene rings is 2. The van der Waals surface area contributed by atoms with Crippen LogP contribution in [0.4, 0.5) is 11.4 Å². The molecule has 0 unspecified atom stereocenters. The molecule has 0 saturated carbocycles. The minimum atomic E-state index is -0.608. The Kier molecular flexibility index (Phi) is 5.24. The predicted octanol–water partition coefficient (Wildman–Crippen LogP) is 3.30. The molecule has 0 heterocycles. The van der Waals surface area contributed by atoms with Crippen LogP contribution in [0.3, 0.4) is 0 Å². The van der Waals surface area contributed by atoms with Gasteiger partial charge in [0.05, 0.1) is 5.56 Å². The van der Waals surface area contributed by atoms with Crippen LogP contribution in [0, 0.1) is 27.7 Å². The molecule has 0 atom stereocenters. The maximum absolute atomic E-state index is 12.1. The summed E-state index contributed by atoms with van der Waals surface area (Å²) in [7, 11) is 0. The summed E-state index contributed by atoms with van der Waals surface area (Å²) in [5.41, 5.74) is 11.1. The first-order chi connectivity index (χ1) is 11.3. The maximum Gasteiger partial charge on any atom is 0.340 e. The molecule has 0 aromatic heterocycles. The number of nitrogens with two attached hydrogens (primary N) is 1. The van der Waals surface area contributed by atoms with Crippen LogP contribution >= 0.6 is 0 Å². The van der Waals surface area contributed by atoms with E-state index in [4.69, 9.17) is 10.5 Å². The molecule has 1 amide bonds. The maximum atomic E-state index is 12.1. The molecule has 2 rings (SSSR count). The van der Waals surface area contributed by atoms with E-state index in [1.165, 1.54) is 0 Å². The number of hydrogen-bond donors (Lipinski definition) is 2. The van der Waals surface area contributed by atoms with Gasteiger partial charge in [-0.2, -0.15) is 0 Å². The summed E-state index contributed by atoms with van der Waals surface area (Å²) >= 11 is 0. The van der Waals surface area contributed by atoms with E-state index >= 15 is 0 Å². The molecule has 126 valence electrons. The molecule has 2 aromatic carbocycles. The van der Waals surface area contributed by atoms with Crippen molar-refractivity contribution in [2.45, 2.75) is 27.7 Å². The van der Waals surface area contributed by atoms with Crippen molar-refractivity contribution in [3.05, 3.63) is 58.1 Å². The highest BCUT2D eigenvalue weighted by molar-refractivity contribution is 5.99. The van der Waals surface area contributed by atoms with Crippen LogP contribution in [0.5, 0.6) is 0 Å². The zero-order valence-corrected chi connectivity index (χ0v) is 14.4. The van der Waals surface area contributed by atoms with E-state index in [1.54, 1.807) is 12.1 Å². The molecular weight excluding hydrogens is 304 g/mol. The third-order valence-electron chi connectivity index (χ3n) is 3.82. The topological polar surface area (TPSA) is 81.4 Å². The minimum Gasteiger partial charge on any atom is -0.452 e. The van der Waals surface area contributed by atoms with Crippen LogP contribution in [0.15, 0.2) is 30.3 Å². The first-order valence-corrected chi connectivity index (χ1v) is 7.69. The van der Waals surface area contributed by atoms with E-state index in [0.717, 1.165) is 27.9 Å². The average molecular weight is 326 g/mol. The van der Waals surface area contributed by atoms with Gasteiger partial charge >= 0.3 is 5.97 Å². The second-order valence-corrected chi connectivity index (χ2v) is 5.93. The molecule has 0 fully saturated rings. The van der Waals surface area contributed by atoms with Crippen molar-refractivity contribution < 1.29 is 14.3 Å². The summed E-state index contributed by atoms with van der Waals surface area (Å²) in [5, 5.41) is 2.79. The summed E-state index contributed by atoms with van der Waals surface area (Å²) in [4.78, 5) is 24.1. The van der Waals surface area contributed by atoms with Gasteiger partial charge < -0.3 is 15.8 Å². The molecule has 0 aliphatic carbocycles. The lowest BCUT2D eigenvalue weighted by Gasteiger charge is -2.13. The zero-order chi connectivity index (χ0) is 17.9. The van der Waals surface area contributed by atoms with Gasteiger partial charge in [-0.1, -0.05) is 29.8 Å². The largest absolute Gasteiger partial charge is 0.452 e. The van der Waals surface area contributed by atoms with Gasteiger partial charge in [-0.25, -0.2) is 4.79 Å². The van der Waals surface area contributed by atoms with Crippen LogP contribution in [-0.2, 0) is 9.53 Å². The number of anilines is 2. The average Bonchev–Trinajstić information content (AvgIpc) is 2.51. The number of nitrogens with one attached hydrogen (secondary N) is 1. The van der Waals surface area contributed by atoms with E-state index in [1.807, 2.05) is 45.9 Å². The van der Waals surface area contributed by atoms with Gasteiger partial charge in [0.15, 0.2) is 6.61 Å². The highest BCUT2D eigenvalue weighted by atomic mass is 16.5. The summed E-state index contributed by atoms with van der Waals surface area (Å²) in [6.07, 6.45) is 0. The number of hydrogen-bond acceptors (Lipinski definition) is 4. The smallest absolute Gasteiger partial charge is 0.340 e. The van der Waals surface area contributed by atoms with Crippen LogP contribution in [0.25, 0.3) is 0 Å². The summed E-state index contributed by atoms with van der Waals surface area (Å²) in [6.45, 7) is 7.30. The van der Waals surface area contributed by atoms with Gasteiger partial charge in [0.2, 0.25) is 0 Å². The summed E-state index contributed by atoms with van der Waals surface area (Å²) in [6, 6.07) is 9.09. The van der Waals surface area contributed by atoms with Gasteiger partial charge in [-0.05, 0) is 50.5 Å². The van der Waals surface area contributed by atoms with Crippen molar-refractivity contribution in [3.8, 4) is 0 Å². The lowest BCUT2D eigenvalue weighted by molar-refractivity contribution is -0.119. The Morgan fingerprint density at radius 1 is 1.04 bits per heavy atom. The summed E-state index contributed by atoms with van der Waals surface area (Å²) in [5.74, 6) is -0.992. The first kappa shape index (κ1) is 17.5. The molecule has 0 radical (unpaired) electrons. The van der Waals surface area contributed by atoms with Crippen LogP contribution < -0.4 is 11.1 Å². The number of carbonyl (C=O) groups is 2. The molecule has 0 spiro atoms. The van der Waals surface area contributed by atoms with Crippen LogP contribution in [0.1, 0.15) is 32.6 Å². The first-order valence-electron chi connectivity index (χ1n) is 7.69. The standard InChI is InChI=1S/C19H22N2O3/c1-11-8-13(3)18(14(4)9-11)21-16(22)10-24-19(23)15-7-5-6-12(2)17(15)20/h5-9H,10,20H2,1-4H3,(H,21,22). The van der Waals surface area contributed by atoms with E-state index < -0.39 is 5.97 Å². The molecule has 5 heteroatoms. The molecule has 0 aliphatic heterocycles. The van der Waals surface area contributed by atoms with E-state index in [2.05, 4.69) is 5.32 Å². The summed E-state index contributed by atoms with van der Waals surface area (Å²) < 4.78 is 5.07. The normalized spacial score (nSPS) is 10.3. The van der Waals surface area contributed by atoms with Gasteiger partial charge in [0.1, 0.15) is 0 Å². The third-order valence-corrected chi connectivity index (χ3v) is 3.82. The quantitative estimate of drug-likeness (QED) is 0.667. The van der Waals surface area contributed by atoms with E-state index in [0.29, 0.717) is 5.69 Å². The number of amides is 1. The number of nitrogen functional groups attached to an aromatic ring is 1. The van der Waals surface area contributed by atoms with Gasteiger partial charge in [0.25, 0.3) is 5.91 Å². The molecule has 2 aromatic rings. The van der Waals surface area contributed by atoms with E-state index in [-0.39, 0.29) is 18.1 Å². The molecule has 0 bridgehead atoms. The third kappa shape index (κ3) is 3.93. The molecule has 5 nitrogen and oxygen atoms in total. The van der Waals surface area contributed by atoms with Gasteiger partial charge in [-0.3, -0.25) is 4.79 Å². The van der Waals surface area contributed by atoms with Gasteiger partial charge in [0, 0.05) is 11.4 Å². The number of para-hydroxylation sites is 1. The molecule has 0 aliphatic rings.